The van der Waals surface area contributed by atoms with E-state index in [0.29, 0.717) is 36.7 Å². The van der Waals surface area contributed by atoms with Gasteiger partial charge in [0.15, 0.2) is 0 Å². The number of nitrogen functional groups attached to an aromatic ring is 1. The first-order chi connectivity index (χ1) is 9.10. The number of carbonyl (C=O) groups is 2. The molecule has 1 aromatic rings. The number of carbonyl (C=O) groups excluding carboxylic acids is 2. The summed E-state index contributed by atoms with van der Waals surface area (Å²) in [5, 5.41) is 2.68. The van der Waals surface area contributed by atoms with Gasteiger partial charge < -0.3 is 20.7 Å². The second-order valence-corrected chi connectivity index (χ2v) is 4.30. The van der Waals surface area contributed by atoms with Crippen LogP contribution in [0.5, 0.6) is 5.75 Å². The van der Waals surface area contributed by atoms with Crippen LogP contribution in [0.25, 0.3) is 0 Å². The maximum Gasteiger partial charge on any atom is 0.254 e. The van der Waals surface area contributed by atoms with E-state index in [9.17, 15) is 9.59 Å². The summed E-state index contributed by atoms with van der Waals surface area (Å²) in [6.45, 7) is 3.43. The van der Waals surface area contributed by atoms with E-state index >= 15 is 0 Å². The fourth-order valence-electron chi connectivity index (χ4n) is 1.99. The van der Waals surface area contributed by atoms with Crippen molar-refractivity contribution in [2.24, 2.45) is 0 Å². The molecule has 2 rings (SSSR count). The van der Waals surface area contributed by atoms with E-state index in [4.69, 9.17) is 10.5 Å². The minimum atomic E-state index is -0.205. The molecule has 0 unspecified atom stereocenters. The van der Waals surface area contributed by atoms with Crippen molar-refractivity contribution in [3.63, 3.8) is 0 Å². The predicted octanol–water partition coefficient (Wildman–Crippen LogP) is 0.240. The molecule has 1 fully saturated rings. The third-order valence-corrected chi connectivity index (χ3v) is 2.81. The zero-order valence-corrected chi connectivity index (χ0v) is 10.8. The van der Waals surface area contributed by atoms with Gasteiger partial charge >= 0.3 is 0 Å². The summed E-state index contributed by atoms with van der Waals surface area (Å²) < 4.78 is 5.36. The predicted molar refractivity (Wildman–Crippen MR) is 70.9 cm³/mol. The van der Waals surface area contributed by atoms with Crippen molar-refractivity contribution in [3.8, 4) is 5.75 Å². The molecule has 0 aromatic heterocycles. The largest absolute Gasteiger partial charge is 0.494 e. The first-order valence-electron chi connectivity index (χ1n) is 6.19. The topological polar surface area (TPSA) is 84.7 Å². The van der Waals surface area contributed by atoms with Crippen LogP contribution < -0.4 is 15.8 Å². The second-order valence-electron chi connectivity index (χ2n) is 4.30. The van der Waals surface area contributed by atoms with Gasteiger partial charge in [0.25, 0.3) is 5.91 Å². The van der Waals surface area contributed by atoms with Crippen molar-refractivity contribution in [1.29, 1.82) is 0 Å². The number of hydrogen-bond acceptors (Lipinski definition) is 4. The van der Waals surface area contributed by atoms with E-state index in [2.05, 4.69) is 5.32 Å². The van der Waals surface area contributed by atoms with Crippen molar-refractivity contribution < 1.29 is 14.3 Å². The smallest absolute Gasteiger partial charge is 0.254 e. The lowest BCUT2D eigenvalue weighted by Crippen LogP contribution is -2.49. The molecule has 1 aromatic carbocycles. The van der Waals surface area contributed by atoms with Crippen molar-refractivity contribution in [1.82, 2.24) is 10.2 Å². The molecule has 0 aliphatic carbocycles. The monoisotopic (exact) mass is 263 g/mol. The summed E-state index contributed by atoms with van der Waals surface area (Å²) >= 11 is 0. The molecule has 3 N–H and O–H groups in total. The van der Waals surface area contributed by atoms with E-state index in [1.54, 1.807) is 18.2 Å². The molecule has 1 heterocycles. The fraction of sp³-hybridized carbons (Fsp3) is 0.385. The van der Waals surface area contributed by atoms with Gasteiger partial charge in [0.2, 0.25) is 5.91 Å². The van der Waals surface area contributed by atoms with Gasteiger partial charge in [-0.3, -0.25) is 9.59 Å². The molecule has 6 heteroatoms. The Morgan fingerprint density at radius 3 is 2.95 bits per heavy atom. The quantitative estimate of drug-likeness (QED) is 0.765. The molecule has 0 atom stereocenters. The van der Waals surface area contributed by atoms with Crippen molar-refractivity contribution >= 4 is 17.5 Å². The van der Waals surface area contributed by atoms with E-state index < -0.39 is 0 Å². The minimum absolute atomic E-state index is 0.0810. The molecule has 1 saturated heterocycles. The molecule has 0 radical (unpaired) electrons. The third-order valence-electron chi connectivity index (χ3n) is 2.81. The number of anilines is 1. The number of rotatable bonds is 3. The van der Waals surface area contributed by atoms with Gasteiger partial charge in [-0.05, 0) is 19.1 Å². The van der Waals surface area contributed by atoms with Gasteiger partial charge in [-0.25, -0.2) is 0 Å². The Labute approximate surface area is 111 Å². The Morgan fingerprint density at radius 2 is 2.26 bits per heavy atom. The van der Waals surface area contributed by atoms with Crippen LogP contribution in [0.3, 0.4) is 0 Å². The number of amides is 2. The Bertz CT molecular complexity index is 502. The van der Waals surface area contributed by atoms with Crippen molar-refractivity contribution in [2.75, 3.05) is 32.0 Å². The first-order valence-corrected chi connectivity index (χ1v) is 6.19. The summed E-state index contributed by atoms with van der Waals surface area (Å²) in [5.41, 5.74) is 6.67. The number of nitrogens with one attached hydrogen (secondary N) is 1. The molecular formula is C13H17N3O3. The van der Waals surface area contributed by atoms with Crippen LogP contribution in [0.2, 0.25) is 0 Å². The van der Waals surface area contributed by atoms with Gasteiger partial charge in [0.05, 0.1) is 13.2 Å². The molecule has 0 saturated carbocycles. The van der Waals surface area contributed by atoms with E-state index in [1.807, 2.05) is 6.92 Å². The molecule has 2 amide bonds. The molecule has 102 valence electrons. The molecule has 1 aliphatic heterocycles. The zero-order chi connectivity index (χ0) is 13.8. The Kier molecular flexibility index (Phi) is 3.89. The molecule has 19 heavy (non-hydrogen) atoms. The molecular weight excluding hydrogens is 246 g/mol. The average Bonchev–Trinajstić information content (AvgIpc) is 2.37. The van der Waals surface area contributed by atoms with Gasteiger partial charge in [0, 0.05) is 30.4 Å². The lowest BCUT2D eigenvalue weighted by atomic mass is 10.1. The fourth-order valence-corrected chi connectivity index (χ4v) is 1.99. The summed E-state index contributed by atoms with van der Waals surface area (Å²) in [4.78, 5) is 25.1. The van der Waals surface area contributed by atoms with Crippen molar-refractivity contribution in [3.05, 3.63) is 23.8 Å². The number of piperazine rings is 1. The molecule has 0 bridgehead atoms. The standard InChI is InChI=1S/C13H17N3O3/c1-2-19-11-6-9(5-10(14)7-11)13(18)16-4-3-15-12(17)8-16/h5-7H,2-4,8,14H2,1H3,(H,15,17). The van der Waals surface area contributed by atoms with E-state index in [-0.39, 0.29) is 18.4 Å². The van der Waals surface area contributed by atoms with Crippen molar-refractivity contribution in [2.45, 2.75) is 6.92 Å². The van der Waals surface area contributed by atoms with Crippen LogP contribution in [0, 0.1) is 0 Å². The highest BCUT2D eigenvalue weighted by molar-refractivity contribution is 5.98. The molecule has 0 spiro atoms. The highest BCUT2D eigenvalue weighted by atomic mass is 16.5. The highest BCUT2D eigenvalue weighted by Gasteiger charge is 2.22. The number of nitrogens with two attached hydrogens (primary N) is 1. The van der Waals surface area contributed by atoms with Gasteiger partial charge in [-0.1, -0.05) is 0 Å². The summed E-state index contributed by atoms with van der Waals surface area (Å²) in [6.07, 6.45) is 0. The van der Waals surface area contributed by atoms with E-state index in [1.165, 1.54) is 4.90 Å². The number of hydrogen-bond donors (Lipinski definition) is 2. The van der Waals surface area contributed by atoms with Crippen LogP contribution in [0.4, 0.5) is 5.69 Å². The lowest BCUT2D eigenvalue weighted by molar-refractivity contribution is -0.123. The Balaban J connectivity index is 2.20. The maximum absolute atomic E-state index is 12.3. The summed E-state index contributed by atoms with van der Waals surface area (Å²) in [6, 6.07) is 4.91. The summed E-state index contributed by atoms with van der Waals surface area (Å²) in [5.74, 6) is 0.212. The van der Waals surface area contributed by atoms with E-state index in [0.717, 1.165) is 0 Å². The highest BCUT2D eigenvalue weighted by Crippen LogP contribution is 2.20. The lowest BCUT2D eigenvalue weighted by Gasteiger charge is -2.26. The Morgan fingerprint density at radius 1 is 1.47 bits per heavy atom. The normalized spacial score (nSPS) is 15.0. The van der Waals surface area contributed by atoms with Crippen LogP contribution in [0.1, 0.15) is 17.3 Å². The first kappa shape index (κ1) is 13.2. The molecule has 6 nitrogen and oxygen atoms in total. The second kappa shape index (κ2) is 5.60. The van der Waals surface area contributed by atoms with Crippen LogP contribution in [0.15, 0.2) is 18.2 Å². The van der Waals surface area contributed by atoms with Crippen LogP contribution in [-0.2, 0) is 4.79 Å². The van der Waals surface area contributed by atoms with Gasteiger partial charge in [-0.15, -0.1) is 0 Å². The Hall–Kier alpha value is -2.24. The summed E-state index contributed by atoms with van der Waals surface area (Å²) in [7, 11) is 0. The third kappa shape index (κ3) is 3.15. The SMILES string of the molecule is CCOc1cc(N)cc(C(=O)N2CCNC(=O)C2)c1. The van der Waals surface area contributed by atoms with Crippen LogP contribution >= 0.6 is 0 Å². The number of ether oxygens (including phenoxy) is 1. The van der Waals surface area contributed by atoms with Gasteiger partial charge in [0.1, 0.15) is 5.75 Å². The number of benzene rings is 1. The molecule has 1 aliphatic rings. The minimum Gasteiger partial charge on any atom is -0.494 e. The average molecular weight is 263 g/mol. The zero-order valence-electron chi connectivity index (χ0n) is 10.8. The maximum atomic E-state index is 12.3. The van der Waals surface area contributed by atoms with Gasteiger partial charge in [-0.2, -0.15) is 0 Å². The van der Waals surface area contributed by atoms with Crippen LogP contribution in [-0.4, -0.2) is 43.0 Å². The number of nitrogens with zero attached hydrogens (tertiary/aromatic N) is 1.